The standard InChI is InChI=1S/C16H17NO3/c17-10-16(18)20-12-14-6-8-15(9-7-14)19-11-13-4-2-1-3-5-13/h1-9H,10-12,17H2. The average molecular weight is 271 g/mol. The fourth-order valence-corrected chi connectivity index (χ4v) is 1.65. The Hall–Kier alpha value is -2.33. The van der Waals surface area contributed by atoms with Gasteiger partial charge in [-0.3, -0.25) is 4.79 Å². The van der Waals surface area contributed by atoms with Gasteiger partial charge in [0.25, 0.3) is 0 Å². The molecular weight excluding hydrogens is 254 g/mol. The average Bonchev–Trinajstić information content (AvgIpc) is 2.52. The van der Waals surface area contributed by atoms with Crippen molar-refractivity contribution in [1.82, 2.24) is 0 Å². The highest BCUT2D eigenvalue weighted by molar-refractivity contribution is 5.71. The number of esters is 1. The topological polar surface area (TPSA) is 61.6 Å². The van der Waals surface area contributed by atoms with Crippen molar-refractivity contribution in [3.63, 3.8) is 0 Å². The van der Waals surface area contributed by atoms with Crippen molar-refractivity contribution in [3.8, 4) is 5.75 Å². The van der Waals surface area contributed by atoms with Crippen molar-refractivity contribution >= 4 is 5.97 Å². The number of nitrogens with two attached hydrogens (primary N) is 1. The van der Waals surface area contributed by atoms with Crippen molar-refractivity contribution in [2.24, 2.45) is 5.73 Å². The van der Waals surface area contributed by atoms with Gasteiger partial charge in [-0.05, 0) is 23.3 Å². The lowest BCUT2D eigenvalue weighted by molar-refractivity contribution is -0.143. The minimum atomic E-state index is -0.408. The highest BCUT2D eigenvalue weighted by Crippen LogP contribution is 2.14. The first kappa shape index (κ1) is 14.1. The first-order chi connectivity index (χ1) is 9.78. The Morgan fingerprint density at radius 1 is 0.900 bits per heavy atom. The minimum absolute atomic E-state index is 0.0989. The summed E-state index contributed by atoms with van der Waals surface area (Å²) >= 11 is 0. The van der Waals surface area contributed by atoms with Crippen molar-refractivity contribution in [3.05, 3.63) is 65.7 Å². The summed E-state index contributed by atoms with van der Waals surface area (Å²) in [6.07, 6.45) is 0. The molecule has 20 heavy (non-hydrogen) atoms. The molecule has 4 nitrogen and oxygen atoms in total. The Morgan fingerprint density at radius 3 is 2.20 bits per heavy atom. The van der Waals surface area contributed by atoms with Crippen LogP contribution in [0.2, 0.25) is 0 Å². The predicted octanol–water partition coefficient (Wildman–Crippen LogP) is 2.27. The van der Waals surface area contributed by atoms with Crippen molar-refractivity contribution in [1.29, 1.82) is 0 Å². The number of hydrogen-bond acceptors (Lipinski definition) is 4. The van der Waals surface area contributed by atoms with E-state index in [1.54, 1.807) is 0 Å². The molecule has 4 heteroatoms. The summed E-state index contributed by atoms with van der Waals surface area (Å²) in [6, 6.07) is 17.4. The van der Waals surface area contributed by atoms with E-state index in [4.69, 9.17) is 15.2 Å². The third-order valence-electron chi connectivity index (χ3n) is 2.74. The molecule has 0 saturated carbocycles. The maximum absolute atomic E-state index is 10.9. The fraction of sp³-hybridized carbons (Fsp3) is 0.188. The molecule has 0 fully saturated rings. The molecule has 0 unspecified atom stereocenters. The molecule has 0 aromatic heterocycles. The van der Waals surface area contributed by atoms with Crippen LogP contribution in [0.3, 0.4) is 0 Å². The smallest absolute Gasteiger partial charge is 0.320 e. The molecule has 0 radical (unpaired) electrons. The van der Waals surface area contributed by atoms with Crippen LogP contribution in [0.5, 0.6) is 5.75 Å². The van der Waals surface area contributed by atoms with Gasteiger partial charge in [0.15, 0.2) is 0 Å². The molecule has 0 spiro atoms. The Morgan fingerprint density at radius 2 is 1.55 bits per heavy atom. The lowest BCUT2D eigenvalue weighted by Gasteiger charge is -2.07. The minimum Gasteiger partial charge on any atom is -0.489 e. The molecule has 0 bridgehead atoms. The number of carbonyl (C=O) groups is 1. The van der Waals surface area contributed by atoms with Crippen LogP contribution in [0.4, 0.5) is 0 Å². The first-order valence-corrected chi connectivity index (χ1v) is 6.39. The molecule has 0 amide bonds. The van der Waals surface area contributed by atoms with E-state index in [0.29, 0.717) is 6.61 Å². The van der Waals surface area contributed by atoms with E-state index in [9.17, 15) is 4.79 Å². The van der Waals surface area contributed by atoms with E-state index in [-0.39, 0.29) is 13.2 Å². The zero-order chi connectivity index (χ0) is 14.2. The molecule has 0 aliphatic carbocycles. The van der Waals surface area contributed by atoms with Crippen LogP contribution in [0.1, 0.15) is 11.1 Å². The van der Waals surface area contributed by atoms with Crippen LogP contribution in [-0.4, -0.2) is 12.5 Å². The van der Waals surface area contributed by atoms with Gasteiger partial charge in [-0.2, -0.15) is 0 Å². The summed E-state index contributed by atoms with van der Waals surface area (Å²) in [5.41, 5.74) is 7.18. The third kappa shape index (κ3) is 4.40. The highest BCUT2D eigenvalue weighted by Gasteiger charge is 2.01. The fourth-order valence-electron chi connectivity index (χ4n) is 1.65. The maximum atomic E-state index is 10.9. The Kier molecular flexibility index (Phi) is 5.15. The first-order valence-electron chi connectivity index (χ1n) is 6.39. The van der Waals surface area contributed by atoms with E-state index in [1.807, 2.05) is 54.6 Å². The molecule has 0 heterocycles. The molecule has 2 N–H and O–H groups in total. The number of ether oxygens (including phenoxy) is 2. The van der Waals surface area contributed by atoms with Crippen molar-refractivity contribution in [2.45, 2.75) is 13.2 Å². The van der Waals surface area contributed by atoms with Crippen LogP contribution in [0.15, 0.2) is 54.6 Å². The van der Waals surface area contributed by atoms with Crippen LogP contribution >= 0.6 is 0 Å². The second-order valence-electron chi connectivity index (χ2n) is 4.28. The van der Waals surface area contributed by atoms with E-state index >= 15 is 0 Å². The molecule has 0 atom stereocenters. The summed E-state index contributed by atoms with van der Waals surface area (Å²) in [6.45, 7) is 0.662. The molecule has 0 aliphatic heterocycles. The van der Waals surface area contributed by atoms with Crippen LogP contribution in [-0.2, 0) is 22.7 Å². The van der Waals surface area contributed by atoms with Gasteiger partial charge in [-0.25, -0.2) is 0 Å². The normalized spacial score (nSPS) is 10.1. The van der Waals surface area contributed by atoms with Crippen molar-refractivity contribution < 1.29 is 14.3 Å². The molecule has 2 rings (SSSR count). The summed E-state index contributed by atoms with van der Waals surface area (Å²) in [7, 11) is 0. The number of benzene rings is 2. The van der Waals surface area contributed by atoms with Gasteiger partial charge in [0.2, 0.25) is 0 Å². The highest BCUT2D eigenvalue weighted by atomic mass is 16.5. The second kappa shape index (κ2) is 7.31. The van der Waals surface area contributed by atoms with Gasteiger partial charge in [0.1, 0.15) is 19.0 Å². The van der Waals surface area contributed by atoms with Crippen LogP contribution < -0.4 is 10.5 Å². The molecule has 104 valence electrons. The zero-order valence-electron chi connectivity index (χ0n) is 11.1. The van der Waals surface area contributed by atoms with Crippen LogP contribution in [0, 0.1) is 0 Å². The SMILES string of the molecule is NCC(=O)OCc1ccc(OCc2ccccc2)cc1. The third-order valence-corrected chi connectivity index (χ3v) is 2.74. The molecular formula is C16H17NO3. The quantitative estimate of drug-likeness (QED) is 0.819. The predicted molar refractivity (Wildman–Crippen MR) is 76.1 cm³/mol. The Labute approximate surface area is 118 Å². The lowest BCUT2D eigenvalue weighted by Crippen LogP contribution is -2.16. The van der Waals surface area contributed by atoms with Gasteiger partial charge in [-0.15, -0.1) is 0 Å². The molecule has 0 aliphatic rings. The largest absolute Gasteiger partial charge is 0.489 e. The van der Waals surface area contributed by atoms with Gasteiger partial charge >= 0.3 is 5.97 Å². The van der Waals surface area contributed by atoms with Gasteiger partial charge in [0, 0.05) is 0 Å². The maximum Gasteiger partial charge on any atom is 0.320 e. The van der Waals surface area contributed by atoms with E-state index in [0.717, 1.165) is 16.9 Å². The molecule has 2 aromatic rings. The molecule has 0 saturated heterocycles. The summed E-state index contributed by atoms with van der Waals surface area (Å²) < 4.78 is 10.6. The monoisotopic (exact) mass is 271 g/mol. The van der Waals surface area contributed by atoms with Crippen molar-refractivity contribution in [2.75, 3.05) is 6.54 Å². The van der Waals surface area contributed by atoms with E-state index in [1.165, 1.54) is 0 Å². The zero-order valence-corrected chi connectivity index (χ0v) is 11.1. The Balaban J connectivity index is 1.84. The van der Waals surface area contributed by atoms with Gasteiger partial charge < -0.3 is 15.2 Å². The van der Waals surface area contributed by atoms with Gasteiger partial charge in [-0.1, -0.05) is 42.5 Å². The van der Waals surface area contributed by atoms with Gasteiger partial charge in [0.05, 0.1) is 6.54 Å². The number of rotatable bonds is 6. The number of hydrogen-bond donors (Lipinski definition) is 1. The number of carbonyl (C=O) groups excluding carboxylic acids is 1. The van der Waals surface area contributed by atoms with Crippen LogP contribution in [0.25, 0.3) is 0 Å². The van der Waals surface area contributed by atoms with E-state index < -0.39 is 5.97 Å². The summed E-state index contributed by atoms with van der Waals surface area (Å²) in [4.78, 5) is 10.9. The second-order valence-corrected chi connectivity index (χ2v) is 4.28. The summed E-state index contributed by atoms with van der Waals surface area (Å²) in [5.74, 6) is 0.372. The molecule has 2 aromatic carbocycles. The summed E-state index contributed by atoms with van der Waals surface area (Å²) in [5, 5.41) is 0. The lowest BCUT2D eigenvalue weighted by atomic mass is 10.2. The van der Waals surface area contributed by atoms with E-state index in [2.05, 4.69) is 0 Å². The Bertz CT molecular complexity index is 537.